The van der Waals surface area contributed by atoms with Gasteiger partial charge in [-0.25, -0.2) is 4.79 Å². The van der Waals surface area contributed by atoms with Crippen LogP contribution in [0.3, 0.4) is 0 Å². The molecule has 102 valence electrons. The fourth-order valence-corrected chi connectivity index (χ4v) is 2.40. The topological polar surface area (TPSA) is 54.9 Å². The van der Waals surface area contributed by atoms with E-state index in [1.165, 1.54) is 4.57 Å². The Bertz CT molecular complexity index is 670. The SMILES string of the molecule is CCCCCC(C)n1c(=O)[nH]c2ccccc2c1=O. The van der Waals surface area contributed by atoms with Crippen LogP contribution >= 0.6 is 0 Å². The summed E-state index contributed by atoms with van der Waals surface area (Å²) in [5, 5.41) is 0.574. The number of hydrogen-bond donors (Lipinski definition) is 1. The molecule has 19 heavy (non-hydrogen) atoms. The van der Waals surface area contributed by atoms with E-state index in [9.17, 15) is 9.59 Å². The van der Waals surface area contributed by atoms with Gasteiger partial charge < -0.3 is 4.98 Å². The van der Waals surface area contributed by atoms with Crippen LogP contribution in [0.2, 0.25) is 0 Å². The monoisotopic (exact) mass is 260 g/mol. The molecule has 1 aromatic carbocycles. The van der Waals surface area contributed by atoms with Crippen LogP contribution in [0.25, 0.3) is 10.9 Å². The lowest BCUT2D eigenvalue weighted by Gasteiger charge is -2.14. The zero-order chi connectivity index (χ0) is 13.8. The second-order valence-corrected chi connectivity index (χ2v) is 5.00. The number of nitrogens with zero attached hydrogens (tertiary/aromatic N) is 1. The molecule has 0 aliphatic rings. The minimum atomic E-state index is -0.312. The molecule has 4 nitrogen and oxygen atoms in total. The number of nitrogens with one attached hydrogen (secondary N) is 1. The molecule has 0 spiro atoms. The van der Waals surface area contributed by atoms with E-state index in [-0.39, 0.29) is 17.3 Å². The van der Waals surface area contributed by atoms with Crippen LogP contribution in [0.15, 0.2) is 33.9 Å². The van der Waals surface area contributed by atoms with E-state index in [2.05, 4.69) is 11.9 Å². The smallest absolute Gasteiger partial charge is 0.307 e. The number of benzene rings is 1. The second-order valence-electron chi connectivity index (χ2n) is 5.00. The largest absolute Gasteiger partial charge is 0.329 e. The normalized spacial score (nSPS) is 12.7. The Labute approximate surface area is 112 Å². The van der Waals surface area contributed by atoms with E-state index in [1.807, 2.05) is 19.1 Å². The number of unbranched alkanes of at least 4 members (excludes halogenated alkanes) is 2. The minimum absolute atomic E-state index is 0.0626. The van der Waals surface area contributed by atoms with Gasteiger partial charge in [0.15, 0.2) is 0 Å². The molecule has 2 aromatic rings. The molecule has 2 rings (SSSR count). The van der Waals surface area contributed by atoms with Gasteiger partial charge >= 0.3 is 5.69 Å². The van der Waals surface area contributed by atoms with Crippen LogP contribution in [0.5, 0.6) is 0 Å². The van der Waals surface area contributed by atoms with Gasteiger partial charge in [0, 0.05) is 6.04 Å². The molecule has 0 saturated carbocycles. The Balaban J connectivity index is 2.43. The third-order valence-electron chi connectivity index (χ3n) is 3.50. The summed E-state index contributed by atoms with van der Waals surface area (Å²) in [5.74, 6) is 0. The molecule has 4 heteroatoms. The minimum Gasteiger partial charge on any atom is -0.307 e. The first-order valence-corrected chi connectivity index (χ1v) is 6.88. The number of para-hydroxylation sites is 1. The van der Waals surface area contributed by atoms with E-state index in [0.717, 1.165) is 25.7 Å². The fraction of sp³-hybridized carbons (Fsp3) is 0.467. The van der Waals surface area contributed by atoms with Gasteiger partial charge in [0.1, 0.15) is 0 Å². The lowest BCUT2D eigenvalue weighted by atomic mass is 10.1. The lowest BCUT2D eigenvalue weighted by molar-refractivity contribution is 0.451. The van der Waals surface area contributed by atoms with E-state index >= 15 is 0 Å². The third kappa shape index (κ3) is 2.78. The van der Waals surface area contributed by atoms with Crippen LogP contribution in [0, 0.1) is 0 Å². The predicted molar refractivity (Wildman–Crippen MR) is 77.7 cm³/mol. The van der Waals surface area contributed by atoms with Gasteiger partial charge in [-0.15, -0.1) is 0 Å². The molecule has 0 aliphatic carbocycles. The maximum Gasteiger partial charge on any atom is 0.329 e. The number of H-pyrrole nitrogens is 1. The quantitative estimate of drug-likeness (QED) is 0.840. The van der Waals surface area contributed by atoms with Crippen molar-refractivity contribution in [1.82, 2.24) is 9.55 Å². The van der Waals surface area contributed by atoms with Crippen molar-refractivity contribution in [3.8, 4) is 0 Å². The molecule has 1 N–H and O–H groups in total. The maximum atomic E-state index is 12.4. The summed E-state index contributed by atoms with van der Waals surface area (Å²) in [4.78, 5) is 27.2. The van der Waals surface area contributed by atoms with Crippen LogP contribution < -0.4 is 11.2 Å². The molecule has 0 bridgehead atoms. The number of aromatic amines is 1. The summed E-state index contributed by atoms with van der Waals surface area (Å²) in [6, 6.07) is 7.07. The Kier molecular flexibility index (Phi) is 4.20. The first-order valence-electron chi connectivity index (χ1n) is 6.88. The average Bonchev–Trinajstić information content (AvgIpc) is 2.39. The van der Waals surface area contributed by atoms with Crippen molar-refractivity contribution in [3.05, 3.63) is 45.1 Å². The highest BCUT2D eigenvalue weighted by Gasteiger charge is 2.12. The molecule has 1 atom stereocenters. The van der Waals surface area contributed by atoms with E-state index in [1.54, 1.807) is 12.1 Å². The summed E-state index contributed by atoms with van der Waals surface area (Å²) in [7, 11) is 0. The number of aromatic nitrogens is 2. The molecule has 0 saturated heterocycles. The first-order chi connectivity index (χ1) is 9.15. The average molecular weight is 260 g/mol. The van der Waals surface area contributed by atoms with Crippen LogP contribution in [0.1, 0.15) is 45.6 Å². The van der Waals surface area contributed by atoms with Gasteiger partial charge in [-0.05, 0) is 25.5 Å². The number of hydrogen-bond acceptors (Lipinski definition) is 2. The van der Waals surface area contributed by atoms with Crippen molar-refractivity contribution in [3.63, 3.8) is 0 Å². The molecule has 0 fully saturated rings. The Hall–Kier alpha value is -1.84. The molecule has 0 radical (unpaired) electrons. The van der Waals surface area contributed by atoms with Crippen molar-refractivity contribution in [2.45, 2.75) is 45.6 Å². The predicted octanol–water partition coefficient (Wildman–Crippen LogP) is 2.83. The maximum absolute atomic E-state index is 12.4. The van der Waals surface area contributed by atoms with Crippen molar-refractivity contribution in [2.75, 3.05) is 0 Å². The zero-order valence-corrected chi connectivity index (χ0v) is 11.5. The van der Waals surface area contributed by atoms with Crippen molar-refractivity contribution < 1.29 is 0 Å². The first kappa shape index (κ1) is 13.6. The van der Waals surface area contributed by atoms with Crippen molar-refractivity contribution in [1.29, 1.82) is 0 Å². The summed E-state index contributed by atoms with van der Waals surface area (Å²) >= 11 is 0. The Morgan fingerprint density at radius 2 is 1.95 bits per heavy atom. The Morgan fingerprint density at radius 1 is 1.21 bits per heavy atom. The highest BCUT2D eigenvalue weighted by molar-refractivity contribution is 5.76. The van der Waals surface area contributed by atoms with Gasteiger partial charge in [0.25, 0.3) is 5.56 Å². The molecule has 0 aliphatic heterocycles. The van der Waals surface area contributed by atoms with Crippen molar-refractivity contribution in [2.24, 2.45) is 0 Å². The lowest BCUT2D eigenvalue weighted by Crippen LogP contribution is -2.37. The van der Waals surface area contributed by atoms with Gasteiger partial charge in [0.2, 0.25) is 0 Å². The van der Waals surface area contributed by atoms with E-state index in [4.69, 9.17) is 0 Å². The molecular formula is C15H20N2O2. The fourth-order valence-electron chi connectivity index (χ4n) is 2.40. The highest BCUT2D eigenvalue weighted by Crippen LogP contribution is 2.12. The van der Waals surface area contributed by atoms with E-state index < -0.39 is 0 Å². The van der Waals surface area contributed by atoms with Gasteiger partial charge in [-0.3, -0.25) is 9.36 Å². The van der Waals surface area contributed by atoms with Gasteiger partial charge in [0.05, 0.1) is 10.9 Å². The summed E-state index contributed by atoms with van der Waals surface area (Å²) in [6.07, 6.45) is 4.16. The standard InChI is InChI=1S/C15H20N2O2/c1-3-4-5-8-11(2)17-14(18)12-9-6-7-10-13(12)16-15(17)19/h6-7,9-11H,3-5,8H2,1-2H3,(H,16,19). The number of rotatable bonds is 5. The second kappa shape index (κ2) is 5.87. The summed E-state index contributed by atoms with van der Waals surface area (Å²) in [5.41, 5.74) is 0.102. The summed E-state index contributed by atoms with van der Waals surface area (Å²) in [6.45, 7) is 4.07. The third-order valence-corrected chi connectivity index (χ3v) is 3.50. The molecule has 1 aromatic heterocycles. The number of fused-ring (bicyclic) bond motifs is 1. The van der Waals surface area contributed by atoms with E-state index in [0.29, 0.717) is 10.9 Å². The zero-order valence-electron chi connectivity index (χ0n) is 11.5. The molecule has 0 amide bonds. The molecule has 1 unspecified atom stereocenters. The summed E-state index contributed by atoms with van der Waals surface area (Å²) < 4.78 is 1.35. The molecular weight excluding hydrogens is 240 g/mol. The highest BCUT2D eigenvalue weighted by atomic mass is 16.2. The van der Waals surface area contributed by atoms with Gasteiger partial charge in [-0.1, -0.05) is 38.3 Å². The molecule has 1 heterocycles. The van der Waals surface area contributed by atoms with Crippen LogP contribution in [-0.4, -0.2) is 9.55 Å². The van der Waals surface area contributed by atoms with Crippen LogP contribution in [-0.2, 0) is 0 Å². The van der Waals surface area contributed by atoms with Crippen LogP contribution in [0.4, 0.5) is 0 Å². The van der Waals surface area contributed by atoms with Gasteiger partial charge in [-0.2, -0.15) is 0 Å². The van der Waals surface area contributed by atoms with Crippen molar-refractivity contribution >= 4 is 10.9 Å². The Morgan fingerprint density at radius 3 is 2.68 bits per heavy atom.